The molecule has 5 heteroatoms. The molecule has 0 unspecified atom stereocenters. The first-order valence-corrected chi connectivity index (χ1v) is 7.22. The van der Waals surface area contributed by atoms with E-state index in [9.17, 15) is 4.79 Å². The summed E-state index contributed by atoms with van der Waals surface area (Å²) in [7, 11) is 1.77. The van der Waals surface area contributed by atoms with Crippen molar-refractivity contribution in [2.24, 2.45) is 7.05 Å². The fourth-order valence-corrected chi connectivity index (χ4v) is 2.60. The van der Waals surface area contributed by atoms with Crippen molar-refractivity contribution < 1.29 is 4.79 Å². The molecule has 0 saturated heterocycles. The lowest BCUT2D eigenvalue weighted by Crippen LogP contribution is -2.34. The van der Waals surface area contributed by atoms with Gasteiger partial charge >= 0.3 is 0 Å². The van der Waals surface area contributed by atoms with E-state index in [1.807, 2.05) is 42.2 Å². The maximum absolute atomic E-state index is 12.9. The molecule has 1 heterocycles. The van der Waals surface area contributed by atoms with Crippen LogP contribution in [0.25, 0.3) is 0 Å². The lowest BCUT2D eigenvalue weighted by molar-refractivity contribution is 0.0720. The van der Waals surface area contributed by atoms with Crippen LogP contribution in [-0.4, -0.2) is 26.6 Å². The zero-order valence-electron chi connectivity index (χ0n) is 12.4. The maximum atomic E-state index is 12.9. The third kappa shape index (κ3) is 2.63. The van der Waals surface area contributed by atoms with E-state index in [1.165, 1.54) is 0 Å². The van der Waals surface area contributed by atoms with Crippen LogP contribution in [0.5, 0.6) is 0 Å². The van der Waals surface area contributed by atoms with E-state index in [2.05, 4.69) is 5.10 Å². The molecule has 1 aliphatic rings. The SMILES string of the molecule is Cc1nn(C)c(C(=O)N(Cc2ccccc2)C2CC2)c1N. The summed E-state index contributed by atoms with van der Waals surface area (Å²) in [4.78, 5) is 14.8. The number of benzene rings is 1. The van der Waals surface area contributed by atoms with E-state index >= 15 is 0 Å². The summed E-state index contributed by atoms with van der Waals surface area (Å²) in [6, 6.07) is 10.4. The highest BCUT2D eigenvalue weighted by molar-refractivity contribution is 5.98. The van der Waals surface area contributed by atoms with Gasteiger partial charge in [-0.1, -0.05) is 30.3 Å². The van der Waals surface area contributed by atoms with Gasteiger partial charge in [0.05, 0.1) is 11.4 Å². The molecule has 3 rings (SSSR count). The Kier molecular flexibility index (Phi) is 3.41. The van der Waals surface area contributed by atoms with E-state index in [0.29, 0.717) is 29.7 Å². The summed E-state index contributed by atoms with van der Waals surface area (Å²) in [6.07, 6.45) is 2.13. The Bertz CT molecular complexity index is 658. The van der Waals surface area contributed by atoms with E-state index < -0.39 is 0 Å². The second kappa shape index (κ2) is 5.24. The van der Waals surface area contributed by atoms with Crippen LogP contribution in [0.2, 0.25) is 0 Å². The van der Waals surface area contributed by atoms with Crippen LogP contribution >= 0.6 is 0 Å². The molecule has 1 aromatic carbocycles. The minimum Gasteiger partial charge on any atom is -0.395 e. The second-order valence-electron chi connectivity index (χ2n) is 5.62. The topological polar surface area (TPSA) is 64.2 Å². The molecule has 0 radical (unpaired) electrons. The van der Waals surface area contributed by atoms with Gasteiger partial charge in [0, 0.05) is 19.6 Å². The molecule has 1 saturated carbocycles. The Labute approximate surface area is 124 Å². The standard InChI is InChI=1S/C16H20N4O/c1-11-14(17)15(19(2)18-11)16(21)20(13-8-9-13)10-12-6-4-3-5-7-12/h3-7,13H,8-10,17H2,1-2H3. The predicted octanol–water partition coefficient (Wildman–Crippen LogP) is 2.12. The van der Waals surface area contributed by atoms with Gasteiger partial charge in [-0.25, -0.2) is 0 Å². The number of nitrogens with two attached hydrogens (primary N) is 1. The molecule has 1 fully saturated rings. The normalized spacial score (nSPS) is 14.2. The molecular weight excluding hydrogens is 264 g/mol. The first kappa shape index (κ1) is 13.7. The van der Waals surface area contributed by atoms with Gasteiger partial charge < -0.3 is 10.6 Å². The Morgan fingerprint density at radius 2 is 2.05 bits per heavy atom. The number of amides is 1. The number of rotatable bonds is 4. The van der Waals surface area contributed by atoms with Gasteiger partial charge in [0.25, 0.3) is 5.91 Å². The molecule has 0 aliphatic heterocycles. The summed E-state index contributed by atoms with van der Waals surface area (Å²) in [5.41, 5.74) is 8.85. The van der Waals surface area contributed by atoms with Crippen LogP contribution in [0.3, 0.4) is 0 Å². The minimum atomic E-state index is -0.0260. The van der Waals surface area contributed by atoms with Crippen LogP contribution in [0.1, 0.15) is 34.6 Å². The Morgan fingerprint density at radius 1 is 1.38 bits per heavy atom. The van der Waals surface area contributed by atoms with Crippen molar-refractivity contribution in [3.63, 3.8) is 0 Å². The lowest BCUT2D eigenvalue weighted by Gasteiger charge is -2.23. The van der Waals surface area contributed by atoms with Crippen molar-refractivity contribution in [3.05, 3.63) is 47.3 Å². The first-order valence-electron chi connectivity index (χ1n) is 7.22. The van der Waals surface area contributed by atoms with E-state index in [-0.39, 0.29) is 5.91 Å². The minimum absolute atomic E-state index is 0.0260. The molecule has 21 heavy (non-hydrogen) atoms. The second-order valence-corrected chi connectivity index (χ2v) is 5.62. The molecule has 2 aromatic rings. The molecule has 1 amide bonds. The van der Waals surface area contributed by atoms with Crippen molar-refractivity contribution in [2.45, 2.75) is 32.4 Å². The van der Waals surface area contributed by atoms with Crippen LogP contribution < -0.4 is 5.73 Å². The van der Waals surface area contributed by atoms with Gasteiger partial charge in [0.1, 0.15) is 5.69 Å². The van der Waals surface area contributed by atoms with Crippen LogP contribution in [0, 0.1) is 6.92 Å². The van der Waals surface area contributed by atoms with Crippen molar-refractivity contribution in [1.29, 1.82) is 0 Å². The summed E-state index contributed by atoms with van der Waals surface area (Å²) in [5, 5.41) is 4.25. The van der Waals surface area contributed by atoms with E-state index in [0.717, 1.165) is 18.4 Å². The third-order valence-corrected chi connectivity index (χ3v) is 3.92. The van der Waals surface area contributed by atoms with Crippen LogP contribution in [0.4, 0.5) is 5.69 Å². The predicted molar refractivity (Wildman–Crippen MR) is 81.7 cm³/mol. The number of hydrogen-bond acceptors (Lipinski definition) is 3. The fraction of sp³-hybridized carbons (Fsp3) is 0.375. The van der Waals surface area contributed by atoms with Crippen molar-refractivity contribution in [1.82, 2.24) is 14.7 Å². The smallest absolute Gasteiger partial charge is 0.274 e. The van der Waals surface area contributed by atoms with Gasteiger partial charge in [-0.2, -0.15) is 5.10 Å². The Balaban J connectivity index is 1.89. The number of hydrogen-bond donors (Lipinski definition) is 1. The zero-order chi connectivity index (χ0) is 15.0. The fourth-order valence-electron chi connectivity index (χ4n) is 2.60. The van der Waals surface area contributed by atoms with Gasteiger partial charge in [0.15, 0.2) is 0 Å². The molecule has 1 aromatic heterocycles. The number of nitrogens with zero attached hydrogens (tertiary/aromatic N) is 3. The molecule has 0 atom stereocenters. The molecule has 0 spiro atoms. The van der Waals surface area contributed by atoms with Crippen molar-refractivity contribution >= 4 is 11.6 Å². The maximum Gasteiger partial charge on any atom is 0.274 e. The van der Waals surface area contributed by atoms with E-state index in [4.69, 9.17) is 5.73 Å². The average Bonchev–Trinajstić information content (AvgIpc) is 3.26. The monoisotopic (exact) mass is 284 g/mol. The summed E-state index contributed by atoms with van der Waals surface area (Å²) < 4.78 is 1.59. The quantitative estimate of drug-likeness (QED) is 0.935. The number of carbonyl (C=O) groups is 1. The third-order valence-electron chi connectivity index (χ3n) is 3.92. The molecular formula is C16H20N4O. The van der Waals surface area contributed by atoms with Crippen LogP contribution in [-0.2, 0) is 13.6 Å². The number of carbonyl (C=O) groups excluding carboxylic acids is 1. The van der Waals surface area contributed by atoms with Gasteiger partial charge in [-0.3, -0.25) is 9.48 Å². The van der Waals surface area contributed by atoms with E-state index in [1.54, 1.807) is 11.7 Å². The van der Waals surface area contributed by atoms with Crippen molar-refractivity contribution in [3.8, 4) is 0 Å². The highest BCUT2D eigenvalue weighted by atomic mass is 16.2. The Morgan fingerprint density at radius 3 is 2.57 bits per heavy atom. The number of aromatic nitrogens is 2. The van der Waals surface area contributed by atoms with Gasteiger partial charge in [-0.15, -0.1) is 0 Å². The largest absolute Gasteiger partial charge is 0.395 e. The lowest BCUT2D eigenvalue weighted by atomic mass is 10.2. The molecule has 0 bridgehead atoms. The van der Waals surface area contributed by atoms with Gasteiger partial charge in [0.2, 0.25) is 0 Å². The molecule has 2 N–H and O–H groups in total. The first-order chi connectivity index (χ1) is 10.1. The summed E-state index contributed by atoms with van der Waals surface area (Å²) in [5.74, 6) is -0.0260. The Hall–Kier alpha value is -2.30. The highest BCUT2D eigenvalue weighted by Crippen LogP contribution is 2.31. The summed E-state index contributed by atoms with van der Waals surface area (Å²) in [6.45, 7) is 2.44. The molecule has 1 aliphatic carbocycles. The van der Waals surface area contributed by atoms with Gasteiger partial charge in [-0.05, 0) is 25.3 Å². The molecule has 5 nitrogen and oxygen atoms in total. The average molecular weight is 284 g/mol. The number of nitrogen functional groups attached to an aromatic ring is 1. The molecule has 110 valence electrons. The van der Waals surface area contributed by atoms with Crippen LogP contribution in [0.15, 0.2) is 30.3 Å². The highest BCUT2D eigenvalue weighted by Gasteiger charge is 2.35. The number of anilines is 1. The van der Waals surface area contributed by atoms with Crippen molar-refractivity contribution in [2.75, 3.05) is 5.73 Å². The summed E-state index contributed by atoms with van der Waals surface area (Å²) >= 11 is 0. The number of aryl methyl sites for hydroxylation is 2. The zero-order valence-corrected chi connectivity index (χ0v) is 12.4.